The van der Waals surface area contributed by atoms with Crippen molar-refractivity contribution in [2.45, 2.75) is 31.7 Å². The highest BCUT2D eigenvalue weighted by Gasteiger charge is 2.30. The minimum atomic E-state index is -0.864. The molecule has 1 saturated heterocycles. The van der Waals surface area contributed by atoms with Crippen LogP contribution in [0, 0.1) is 5.92 Å². The van der Waals surface area contributed by atoms with Gasteiger partial charge in [0.15, 0.2) is 0 Å². The molecule has 1 aliphatic carbocycles. The van der Waals surface area contributed by atoms with Crippen LogP contribution in [0.15, 0.2) is 0 Å². The molecule has 1 aliphatic heterocycles. The van der Waals surface area contributed by atoms with E-state index >= 15 is 0 Å². The van der Waals surface area contributed by atoms with Crippen molar-refractivity contribution in [2.24, 2.45) is 5.92 Å². The first-order valence-corrected chi connectivity index (χ1v) is 6.99. The van der Waals surface area contributed by atoms with Gasteiger partial charge >= 0.3 is 12.0 Å². The van der Waals surface area contributed by atoms with E-state index in [4.69, 9.17) is 5.11 Å². The predicted molar refractivity (Wildman–Crippen MR) is 71.1 cm³/mol. The zero-order valence-corrected chi connectivity index (χ0v) is 11.7. The van der Waals surface area contributed by atoms with Crippen molar-refractivity contribution in [3.63, 3.8) is 0 Å². The van der Waals surface area contributed by atoms with Gasteiger partial charge in [-0.25, -0.2) is 4.79 Å². The Morgan fingerprint density at radius 2 is 2.00 bits per heavy atom. The molecule has 1 saturated carbocycles. The van der Waals surface area contributed by atoms with Crippen LogP contribution in [-0.2, 0) is 9.59 Å². The summed E-state index contributed by atoms with van der Waals surface area (Å²) in [7, 11) is 1.57. The van der Waals surface area contributed by atoms with E-state index in [1.54, 1.807) is 7.05 Å². The fourth-order valence-electron chi connectivity index (χ4n) is 2.38. The number of likely N-dealkylation sites (N-methyl/N-ethyl adjacent to an activating group) is 1. The topological polar surface area (TPSA) is 90.0 Å². The Balaban J connectivity index is 1.82. The number of hydrogen-bond acceptors (Lipinski definition) is 3. The van der Waals surface area contributed by atoms with Gasteiger partial charge in [-0.15, -0.1) is 0 Å². The van der Waals surface area contributed by atoms with E-state index in [1.807, 2.05) is 0 Å². The largest absolute Gasteiger partial charge is 0.481 e. The van der Waals surface area contributed by atoms with Crippen LogP contribution in [0.5, 0.6) is 0 Å². The first kappa shape index (κ1) is 14.6. The molecule has 2 aliphatic rings. The van der Waals surface area contributed by atoms with Crippen molar-refractivity contribution in [1.29, 1.82) is 0 Å². The molecule has 2 fully saturated rings. The molecule has 7 nitrogen and oxygen atoms in total. The van der Waals surface area contributed by atoms with E-state index in [0.29, 0.717) is 19.4 Å². The highest BCUT2D eigenvalue weighted by molar-refractivity contribution is 5.84. The molecule has 1 atom stereocenters. The molecule has 0 spiro atoms. The summed E-state index contributed by atoms with van der Waals surface area (Å²) < 4.78 is 0. The van der Waals surface area contributed by atoms with Gasteiger partial charge in [0.1, 0.15) is 6.54 Å². The average Bonchev–Trinajstić information content (AvgIpc) is 3.21. The fraction of sp³-hybridized carbons (Fsp3) is 0.769. The third-order valence-electron chi connectivity index (χ3n) is 3.69. The number of amides is 3. The number of rotatable bonds is 4. The average molecular weight is 283 g/mol. The standard InChI is InChI=1S/C13H21N3O4/c1-15(8-11(17)14-10-4-5-10)13(20)16-6-2-3-9(7-16)12(18)19/h9-10H,2-8H2,1H3,(H,14,17)(H,18,19)/t9-/m1/s1. The zero-order valence-electron chi connectivity index (χ0n) is 11.7. The molecule has 0 unspecified atom stereocenters. The quantitative estimate of drug-likeness (QED) is 0.766. The van der Waals surface area contributed by atoms with Gasteiger partial charge in [0.25, 0.3) is 0 Å². The van der Waals surface area contributed by atoms with Crippen molar-refractivity contribution in [2.75, 3.05) is 26.7 Å². The third-order valence-corrected chi connectivity index (χ3v) is 3.69. The van der Waals surface area contributed by atoms with Gasteiger partial charge in [0.05, 0.1) is 5.92 Å². The molecule has 2 N–H and O–H groups in total. The van der Waals surface area contributed by atoms with Crippen molar-refractivity contribution < 1.29 is 19.5 Å². The Bertz CT molecular complexity index is 408. The summed E-state index contributed by atoms with van der Waals surface area (Å²) in [5.41, 5.74) is 0. The summed E-state index contributed by atoms with van der Waals surface area (Å²) in [6, 6.07) is -0.000670. The van der Waals surface area contributed by atoms with Crippen molar-refractivity contribution >= 4 is 17.9 Å². The van der Waals surface area contributed by atoms with Crippen molar-refractivity contribution in [3.8, 4) is 0 Å². The SMILES string of the molecule is CN(CC(=O)NC1CC1)C(=O)N1CCC[C@@H](C(=O)O)C1. The van der Waals surface area contributed by atoms with Gasteiger partial charge in [-0.1, -0.05) is 0 Å². The van der Waals surface area contributed by atoms with Crippen LogP contribution in [0.3, 0.4) is 0 Å². The smallest absolute Gasteiger partial charge is 0.320 e. The number of nitrogens with one attached hydrogen (secondary N) is 1. The Labute approximate surface area is 117 Å². The second kappa shape index (κ2) is 6.11. The molecule has 0 radical (unpaired) electrons. The van der Waals surface area contributed by atoms with Crippen molar-refractivity contribution in [1.82, 2.24) is 15.1 Å². The number of carbonyl (C=O) groups is 3. The predicted octanol–water partition coefficient (Wildman–Crippen LogP) is 0.113. The molecule has 2 rings (SSSR count). The number of hydrogen-bond donors (Lipinski definition) is 2. The second-order valence-corrected chi connectivity index (χ2v) is 5.60. The number of nitrogens with zero attached hydrogens (tertiary/aromatic N) is 2. The van der Waals surface area contributed by atoms with Gasteiger partial charge in [-0.2, -0.15) is 0 Å². The Hall–Kier alpha value is -1.79. The lowest BCUT2D eigenvalue weighted by molar-refractivity contribution is -0.143. The molecule has 112 valence electrons. The maximum Gasteiger partial charge on any atom is 0.320 e. The molecule has 0 aromatic rings. The number of carboxylic acid groups (broad SMARTS) is 1. The summed E-state index contributed by atoms with van der Waals surface area (Å²) in [5, 5.41) is 11.8. The molecular formula is C13H21N3O4. The van der Waals surface area contributed by atoms with E-state index in [2.05, 4.69) is 5.32 Å². The van der Waals surface area contributed by atoms with Gasteiger partial charge in [0.2, 0.25) is 5.91 Å². The molecule has 1 heterocycles. The van der Waals surface area contributed by atoms with Gasteiger partial charge in [0, 0.05) is 26.2 Å². The Morgan fingerprint density at radius 1 is 1.30 bits per heavy atom. The van der Waals surface area contributed by atoms with Crippen LogP contribution >= 0.6 is 0 Å². The van der Waals surface area contributed by atoms with Gasteiger partial charge < -0.3 is 20.2 Å². The minimum absolute atomic E-state index is 0.0174. The summed E-state index contributed by atoms with van der Waals surface area (Å²) in [5.74, 6) is -1.52. The first-order chi connectivity index (χ1) is 9.47. The maximum absolute atomic E-state index is 12.2. The third kappa shape index (κ3) is 3.85. The van der Waals surface area contributed by atoms with Crippen LogP contribution in [0.1, 0.15) is 25.7 Å². The summed E-state index contributed by atoms with van der Waals surface area (Å²) in [6.45, 7) is 0.795. The summed E-state index contributed by atoms with van der Waals surface area (Å²) in [6.07, 6.45) is 3.31. The highest BCUT2D eigenvalue weighted by atomic mass is 16.4. The number of carbonyl (C=O) groups excluding carboxylic acids is 2. The van der Waals surface area contributed by atoms with E-state index in [9.17, 15) is 14.4 Å². The molecule has 7 heteroatoms. The van der Waals surface area contributed by atoms with E-state index < -0.39 is 11.9 Å². The minimum Gasteiger partial charge on any atom is -0.481 e. The zero-order chi connectivity index (χ0) is 14.7. The fourth-order valence-corrected chi connectivity index (χ4v) is 2.38. The van der Waals surface area contributed by atoms with Crippen LogP contribution in [0.2, 0.25) is 0 Å². The van der Waals surface area contributed by atoms with Crippen molar-refractivity contribution in [3.05, 3.63) is 0 Å². The number of likely N-dealkylation sites (tertiary alicyclic amines) is 1. The van der Waals surface area contributed by atoms with Crippen LogP contribution < -0.4 is 5.32 Å². The maximum atomic E-state index is 12.2. The molecule has 20 heavy (non-hydrogen) atoms. The number of urea groups is 1. The van der Waals surface area contributed by atoms with Crippen LogP contribution in [0.4, 0.5) is 4.79 Å². The lowest BCUT2D eigenvalue weighted by atomic mass is 9.99. The highest BCUT2D eigenvalue weighted by Crippen LogP contribution is 2.19. The van der Waals surface area contributed by atoms with Crippen LogP contribution in [0.25, 0.3) is 0 Å². The Kier molecular flexibility index (Phi) is 4.46. The molecule has 0 aromatic heterocycles. The van der Waals surface area contributed by atoms with E-state index in [0.717, 1.165) is 12.8 Å². The number of carboxylic acids is 1. The van der Waals surface area contributed by atoms with E-state index in [-0.39, 0.29) is 31.1 Å². The molecule has 0 aromatic carbocycles. The molecular weight excluding hydrogens is 262 g/mol. The normalized spacial score (nSPS) is 22.2. The summed E-state index contributed by atoms with van der Waals surface area (Å²) in [4.78, 5) is 37.7. The van der Waals surface area contributed by atoms with Crippen LogP contribution in [-0.4, -0.2) is 65.5 Å². The van der Waals surface area contributed by atoms with Gasteiger partial charge in [-0.05, 0) is 25.7 Å². The monoisotopic (exact) mass is 283 g/mol. The van der Waals surface area contributed by atoms with E-state index in [1.165, 1.54) is 9.80 Å². The lowest BCUT2D eigenvalue weighted by Gasteiger charge is -2.33. The van der Waals surface area contributed by atoms with Gasteiger partial charge in [-0.3, -0.25) is 9.59 Å². The lowest BCUT2D eigenvalue weighted by Crippen LogP contribution is -2.49. The molecule has 0 bridgehead atoms. The summed E-state index contributed by atoms with van der Waals surface area (Å²) >= 11 is 0. The number of piperidine rings is 1. The first-order valence-electron chi connectivity index (χ1n) is 6.99. The number of aliphatic carboxylic acids is 1. The second-order valence-electron chi connectivity index (χ2n) is 5.60. The molecule has 3 amide bonds. The Morgan fingerprint density at radius 3 is 2.60 bits per heavy atom.